The Kier molecular flexibility index (Phi) is 6.86. The number of benzene rings is 2. The zero-order valence-corrected chi connectivity index (χ0v) is 20.1. The standard InChI is InChI=1S/C26H27ClN4O3/c1-26(2,3)31-25(33)17-5-4-6-19(13-17)34-22-10-8-18(14-20(22)27)30-24-23-16(11-12-32)7-9-21(23)28-15-29-24/h4-10,13-16,32H,11-12H2,1-3H3,(H,31,33)(H,28,29,30). The molecule has 2 aromatic carbocycles. The molecule has 1 atom stereocenters. The quantitative estimate of drug-likeness (QED) is 0.404. The van der Waals surface area contributed by atoms with Crippen LogP contribution in [0.15, 0.2) is 54.9 Å². The molecule has 0 spiro atoms. The minimum absolute atomic E-state index is 0.0598. The number of nitrogens with one attached hydrogen (secondary N) is 2. The summed E-state index contributed by atoms with van der Waals surface area (Å²) in [6.45, 7) is 5.87. The van der Waals surface area contributed by atoms with Gasteiger partial charge in [-0.15, -0.1) is 0 Å². The largest absolute Gasteiger partial charge is 0.456 e. The lowest BCUT2D eigenvalue weighted by Crippen LogP contribution is -2.40. The normalized spacial score (nSPS) is 14.6. The van der Waals surface area contributed by atoms with Gasteiger partial charge in [-0.1, -0.05) is 23.7 Å². The number of aliphatic hydroxyl groups is 1. The van der Waals surface area contributed by atoms with Crippen molar-refractivity contribution in [2.75, 3.05) is 11.9 Å². The van der Waals surface area contributed by atoms with Crippen LogP contribution in [0.2, 0.25) is 5.02 Å². The van der Waals surface area contributed by atoms with Gasteiger partial charge in [0.2, 0.25) is 0 Å². The van der Waals surface area contributed by atoms with Crippen molar-refractivity contribution in [3.63, 3.8) is 0 Å². The van der Waals surface area contributed by atoms with E-state index in [1.165, 1.54) is 6.33 Å². The first-order valence-corrected chi connectivity index (χ1v) is 11.4. The fraction of sp³-hybridized carbons (Fsp3) is 0.269. The molecule has 0 saturated carbocycles. The van der Waals surface area contributed by atoms with Crippen LogP contribution in [0.1, 0.15) is 54.7 Å². The monoisotopic (exact) mass is 478 g/mol. The molecule has 3 aromatic rings. The van der Waals surface area contributed by atoms with Crippen LogP contribution >= 0.6 is 11.6 Å². The Morgan fingerprint density at radius 3 is 2.74 bits per heavy atom. The van der Waals surface area contributed by atoms with Crippen molar-refractivity contribution in [2.45, 2.75) is 38.6 Å². The van der Waals surface area contributed by atoms with Gasteiger partial charge in [0, 0.05) is 34.9 Å². The van der Waals surface area contributed by atoms with E-state index in [2.05, 4.69) is 20.6 Å². The Morgan fingerprint density at radius 1 is 1.18 bits per heavy atom. The number of fused-ring (bicyclic) bond motifs is 1. The Balaban J connectivity index is 1.50. The maximum absolute atomic E-state index is 12.5. The fourth-order valence-electron chi connectivity index (χ4n) is 3.73. The molecule has 1 aliphatic rings. The Bertz CT molecular complexity index is 1240. The van der Waals surface area contributed by atoms with Gasteiger partial charge in [0.05, 0.1) is 10.7 Å². The summed E-state index contributed by atoms with van der Waals surface area (Å²) in [4.78, 5) is 21.2. The second-order valence-corrected chi connectivity index (χ2v) is 9.51. The molecule has 0 saturated heterocycles. The Morgan fingerprint density at radius 2 is 2.00 bits per heavy atom. The highest BCUT2D eigenvalue weighted by atomic mass is 35.5. The first kappa shape index (κ1) is 23.7. The summed E-state index contributed by atoms with van der Waals surface area (Å²) >= 11 is 6.51. The Hall–Kier alpha value is -3.42. The molecule has 1 aliphatic carbocycles. The summed E-state index contributed by atoms with van der Waals surface area (Å²) in [7, 11) is 0. The lowest BCUT2D eigenvalue weighted by molar-refractivity contribution is 0.0919. The van der Waals surface area contributed by atoms with Gasteiger partial charge in [-0.2, -0.15) is 0 Å². The lowest BCUT2D eigenvalue weighted by Gasteiger charge is -2.20. The number of carbonyl (C=O) groups excluding carboxylic acids is 1. The van der Waals surface area contributed by atoms with E-state index in [9.17, 15) is 9.90 Å². The van der Waals surface area contributed by atoms with Gasteiger partial charge < -0.3 is 20.5 Å². The number of hydrogen-bond acceptors (Lipinski definition) is 6. The molecule has 34 heavy (non-hydrogen) atoms. The zero-order valence-electron chi connectivity index (χ0n) is 19.3. The number of allylic oxidation sites excluding steroid dienone is 1. The topological polar surface area (TPSA) is 96.4 Å². The highest BCUT2D eigenvalue weighted by Crippen LogP contribution is 2.38. The number of nitrogens with zero attached hydrogens (tertiary/aromatic N) is 2. The van der Waals surface area contributed by atoms with E-state index in [0.717, 1.165) is 16.9 Å². The highest BCUT2D eigenvalue weighted by Gasteiger charge is 2.23. The van der Waals surface area contributed by atoms with Crippen LogP contribution in [-0.2, 0) is 0 Å². The van der Waals surface area contributed by atoms with Crippen LogP contribution in [-0.4, -0.2) is 33.1 Å². The van der Waals surface area contributed by atoms with Gasteiger partial charge in [0.15, 0.2) is 0 Å². The second kappa shape index (κ2) is 9.83. The molecule has 1 heterocycles. The molecule has 0 radical (unpaired) electrons. The summed E-state index contributed by atoms with van der Waals surface area (Å²) < 4.78 is 5.96. The summed E-state index contributed by atoms with van der Waals surface area (Å²) in [6, 6.07) is 12.3. The summed E-state index contributed by atoms with van der Waals surface area (Å²) in [5, 5.41) is 16.0. The number of ether oxygens (including phenoxy) is 1. The lowest BCUT2D eigenvalue weighted by atomic mass is 10.00. The van der Waals surface area contributed by atoms with E-state index in [-0.39, 0.29) is 24.0 Å². The van der Waals surface area contributed by atoms with Crippen LogP contribution in [0.3, 0.4) is 0 Å². The molecule has 1 amide bonds. The van der Waals surface area contributed by atoms with E-state index in [4.69, 9.17) is 16.3 Å². The first-order valence-electron chi connectivity index (χ1n) is 11.0. The molecule has 1 aromatic heterocycles. The molecular formula is C26H27ClN4O3. The van der Waals surface area contributed by atoms with Gasteiger partial charge in [-0.05, 0) is 69.7 Å². The van der Waals surface area contributed by atoms with Crippen LogP contribution in [0.4, 0.5) is 11.5 Å². The molecule has 3 N–H and O–H groups in total. The van der Waals surface area contributed by atoms with Crippen molar-refractivity contribution in [3.8, 4) is 11.5 Å². The van der Waals surface area contributed by atoms with Crippen LogP contribution in [0.5, 0.6) is 11.5 Å². The number of hydrogen-bond donors (Lipinski definition) is 3. The number of aliphatic hydroxyl groups excluding tert-OH is 1. The van der Waals surface area contributed by atoms with Crippen molar-refractivity contribution < 1.29 is 14.6 Å². The van der Waals surface area contributed by atoms with E-state index < -0.39 is 0 Å². The van der Waals surface area contributed by atoms with Crippen LogP contribution in [0.25, 0.3) is 6.08 Å². The summed E-state index contributed by atoms with van der Waals surface area (Å²) in [5.74, 6) is 1.54. The smallest absolute Gasteiger partial charge is 0.251 e. The molecule has 1 unspecified atom stereocenters. The third kappa shape index (κ3) is 5.55. The highest BCUT2D eigenvalue weighted by molar-refractivity contribution is 6.32. The van der Waals surface area contributed by atoms with Crippen molar-refractivity contribution in [3.05, 3.63) is 76.7 Å². The summed E-state index contributed by atoms with van der Waals surface area (Å²) in [5.41, 5.74) is 2.71. The number of anilines is 2. The van der Waals surface area contributed by atoms with Gasteiger partial charge in [0.1, 0.15) is 23.6 Å². The van der Waals surface area contributed by atoms with E-state index >= 15 is 0 Å². The molecule has 0 fully saturated rings. The summed E-state index contributed by atoms with van der Waals surface area (Å²) in [6.07, 6.45) is 6.09. The molecule has 7 nitrogen and oxygen atoms in total. The van der Waals surface area contributed by atoms with Gasteiger partial charge in [0.25, 0.3) is 5.91 Å². The van der Waals surface area contributed by atoms with E-state index in [1.54, 1.807) is 36.4 Å². The fourth-order valence-corrected chi connectivity index (χ4v) is 3.95. The number of aromatic nitrogens is 2. The SMILES string of the molecule is CC(C)(C)NC(=O)c1cccc(Oc2ccc(Nc3ncnc4c3C(CCO)C=C4)cc2Cl)c1. The van der Waals surface area contributed by atoms with Gasteiger partial charge in [-0.3, -0.25) is 4.79 Å². The molecule has 4 rings (SSSR count). The number of amides is 1. The van der Waals surface area contributed by atoms with Gasteiger partial charge in [-0.25, -0.2) is 9.97 Å². The molecule has 0 aliphatic heterocycles. The average Bonchev–Trinajstić information content (AvgIpc) is 3.19. The number of halogens is 1. The molecule has 176 valence electrons. The van der Waals surface area contributed by atoms with Crippen LogP contribution in [0, 0.1) is 0 Å². The zero-order chi connectivity index (χ0) is 24.3. The average molecular weight is 479 g/mol. The number of carbonyl (C=O) groups is 1. The first-order chi connectivity index (χ1) is 16.2. The van der Waals surface area contributed by atoms with E-state index in [1.807, 2.05) is 39.0 Å². The predicted octanol–water partition coefficient (Wildman–Crippen LogP) is 5.69. The molecule has 0 bridgehead atoms. The molecular weight excluding hydrogens is 452 g/mol. The third-order valence-electron chi connectivity index (χ3n) is 5.22. The maximum Gasteiger partial charge on any atom is 0.251 e. The Labute approximate surface area is 203 Å². The van der Waals surface area contributed by atoms with E-state index in [0.29, 0.717) is 34.3 Å². The minimum Gasteiger partial charge on any atom is -0.456 e. The van der Waals surface area contributed by atoms with Crippen molar-refractivity contribution in [1.82, 2.24) is 15.3 Å². The van der Waals surface area contributed by atoms with Crippen LogP contribution < -0.4 is 15.4 Å². The number of rotatable bonds is 7. The van der Waals surface area contributed by atoms with Crippen molar-refractivity contribution in [2.24, 2.45) is 0 Å². The minimum atomic E-state index is -0.335. The third-order valence-corrected chi connectivity index (χ3v) is 5.51. The van der Waals surface area contributed by atoms with Gasteiger partial charge >= 0.3 is 0 Å². The molecule has 8 heteroatoms. The predicted molar refractivity (Wildman–Crippen MR) is 134 cm³/mol. The van der Waals surface area contributed by atoms with Crippen molar-refractivity contribution >= 4 is 35.1 Å². The maximum atomic E-state index is 12.5. The van der Waals surface area contributed by atoms with Crippen molar-refractivity contribution in [1.29, 1.82) is 0 Å². The second-order valence-electron chi connectivity index (χ2n) is 9.10.